The molecule has 0 radical (unpaired) electrons. The number of amides is 2. The number of pyridine rings is 1. The van der Waals surface area contributed by atoms with Gasteiger partial charge in [0.15, 0.2) is 0 Å². The van der Waals surface area contributed by atoms with Gasteiger partial charge in [0.2, 0.25) is 0 Å². The molecule has 2 amide bonds. The molecule has 3 aromatic heterocycles. The van der Waals surface area contributed by atoms with Gasteiger partial charge in [0.25, 0.3) is 0 Å². The Hall–Kier alpha value is -2.83. The van der Waals surface area contributed by atoms with Crippen LogP contribution in [-0.4, -0.2) is 43.0 Å². The zero-order chi connectivity index (χ0) is 17.6. The highest BCUT2D eigenvalue weighted by Gasteiger charge is 2.15. The van der Waals surface area contributed by atoms with Crippen molar-refractivity contribution in [1.29, 1.82) is 0 Å². The third-order valence-corrected chi connectivity index (χ3v) is 4.11. The van der Waals surface area contributed by atoms with E-state index in [1.165, 1.54) is 0 Å². The number of aryl methyl sites for hydroxylation is 1. The number of nitrogens with zero attached hydrogens (tertiary/aromatic N) is 5. The van der Waals surface area contributed by atoms with Gasteiger partial charge in [0, 0.05) is 51.3 Å². The molecule has 0 saturated heterocycles. The molecule has 0 aliphatic heterocycles. The number of nitrogens with one attached hydrogen (secondary N) is 1. The van der Waals surface area contributed by atoms with E-state index in [-0.39, 0.29) is 6.03 Å². The molecular weight excluding hydrogens is 316 g/mol. The second-order valence-electron chi connectivity index (χ2n) is 6.06. The minimum absolute atomic E-state index is 0.0615. The van der Waals surface area contributed by atoms with Crippen LogP contribution in [0.1, 0.15) is 24.9 Å². The highest BCUT2D eigenvalue weighted by atomic mass is 16.2. The van der Waals surface area contributed by atoms with E-state index >= 15 is 0 Å². The fourth-order valence-corrected chi connectivity index (χ4v) is 2.76. The van der Waals surface area contributed by atoms with E-state index in [2.05, 4.69) is 22.2 Å². The third kappa shape index (κ3) is 4.17. The van der Waals surface area contributed by atoms with Gasteiger partial charge in [0.1, 0.15) is 11.5 Å². The monoisotopic (exact) mass is 340 g/mol. The molecule has 7 heteroatoms. The van der Waals surface area contributed by atoms with E-state index in [0.29, 0.717) is 26.1 Å². The van der Waals surface area contributed by atoms with Crippen LogP contribution in [0, 0.1) is 0 Å². The van der Waals surface area contributed by atoms with Gasteiger partial charge in [-0.1, -0.05) is 13.0 Å². The summed E-state index contributed by atoms with van der Waals surface area (Å²) in [6.45, 7) is 3.84. The summed E-state index contributed by atoms with van der Waals surface area (Å²) < 4.78 is 3.92. The number of hydrogen-bond acceptors (Lipinski definition) is 3. The zero-order valence-electron chi connectivity index (χ0n) is 14.7. The second-order valence-corrected chi connectivity index (χ2v) is 6.06. The van der Waals surface area contributed by atoms with Crippen molar-refractivity contribution in [1.82, 2.24) is 29.2 Å². The van der Waals surface area contributed by atoms with Gasteiger partial charge in [-0.3, -0.25) is 0 Å². The average molecular weight is 340 g/mol. The summed E-state index contributed by atoms with van der Waals surface area (Å²) in [5.74, 6) is 0.879. The second kappa shape index (κ2) is 7.83. The standard InChI is InChI=1S/C18H24N6O/c1-3-10-24(14-17-19-9-12-22(17)2)18(25)20-8-7-15-13-23-11-5-4-6-16(23)21-15/h4-6,9,11-13H,3,7-8,10,14H2,1-2H3,(H,20,25). The lowest BCUT2D eigenvalue weighted by atomic mass is 10.3. The number of carbonyl (C=O) groups is 1. The van der Waals surface area contributed by atoms with E-state index in [4.69, 9.17) is 0 Å². The highest BCUT2D eigenvalue weighted by Crippen LogP contribution is 2.06. The number of imidazole rings is 2. The SMILES string of the molecule is CCCN(Cc1nccn1C)C(=O)NCCc1cn2ccccc2n1. The van der Waals surface area contributed by atoms with E-state index in [0.717, 1.165) is 23.6 Å². The van der Waals surface area contributed by atoms with Crippen molar-refractivity contribution in [3.05, 3.63) is 54.5 Å². The lowest BCUT2D eigenvalue weighted by Gasteiger charge is -2.22. The molecule has 0 fully saturated rings. The van der Waals surface area contributed by atoms with Gasteiger partial charge in [-0.05, 0) is 18.6 Å². The van der Waals surface area contributed by atoms with Gasteiger partial charge in [-0.2, -0.15) is 0 Å². The number of rotatable bonds is 7. The highest BCUT2D eigenvalue weighted by molar-refractivity contribution is 5.74. The van der Waals surface area contributed by atoms with Crippen molar-refractivity contribution < 1.29 is 4.79 Å². The maximum absolute atomic E-state index is 12.5. The lowest BCUT2D eigenvalue weighted by Crippen LogP contribution is -2.41. The largest absolute Gasteiger partial charge is 0.338 e. The minimum atomic E-state index is -0.0615. The van der Waals surface area contributed by atoms with Crippen LogP contribution in [0.4, 0.5) is 4.79 Å². The smallest absolute Gasteiger partial charge is 0.317 e. The maximum atomic E-state index is 12.5. The summed E-state index contributed by atoms with van der Waals surface area (Å²) in [6, 6.07) is 5.85. The van der Waals surface area contributed by atoms with Crippen LogP contribution in [0.3, 0.4) is 0 Å². The van der Waals surface area contributed by atoms with E-state index in [1.54, 1.807) is 11.1 Å². The molecule has 0 spiro atoms. The van der Waals surface area contributed by atoms with Crippen LogP contribution in [0.5, 0.6) is 0 Å². The summed E-state index contributed by atoms with van der Waals surface area (Å²) in [6.07, 6.45) is 9.22. The van der Waals surface area contributed by atoms with Gasteiger partial charge < -0.3 is 19.2 Å². The third-order valence-electron chi connectivity index (χ3n) is 4.11. The number of urea groups is 1. The lowest BCUT2D eigenvalue weighted by molar-refractivity contribution is 0.193. The Morgan fingerprint density at radius 3 is 2.92 bits per heavy atom. The Bertz CT molecular complexity index is 804. The van der Waals surface area contributed by atoms with Gasteiger partial charge in [0.05, 0.1) is 12.2 Å². The molecule has 7 nitrogen and oxygen atoms in total. The van der Waals surface area contributed by atoms with Crippen LogP contribution in [0.15, 0.2) is 43.0 Å². The fraction of sp³-hybridized carbons (Fsp3) is 0.389. The van der Waals surface area contributed by atoms with Crippen molar-refractivity contribution in [3.8, 4) is 0 Å². The van der Waals surface area contributed by atoms with Crippen molar-refractivity contribution in [2.24, 2.45) is 7.05 Å². The molecular formula is C18H24N6O. The topological polar surface area (TPSA) is 67.5 Å². The molecule has 1 N–H and O–H groups in total. The van der Waals surface area contributed by atoms with Crippen molar-refractivity contribution in [2.75, 3.05) is 13.1 Å². The summed E-state index contributed by atoms with van der Waals surface area (Å²) in [5, 5.41) is 2.99. The normalized spacial score (nSPS) is 11.0. The molecule has 0 aliphatic carbocycles. The Morgan fingerprint density at radius 1 is 1.32 bits per heavy atom. The van der Waals surface area contributed by atoms with Gasteiger partial charge in [-0.15, -0.1) is 0 Å². The molecule has 0 aliphatic rings. The predicted octanol–water partition coefficient (Wildman–Crippen LogP) is 2.23. The van der Waals surface area contributed by atoms with Crippen LogP contribution in [0.25, 0.3) is 5.65 Å². The van der Waals surface area contributed by atoms with Crippen molar-refractivity contribution >= 4 is 11.7 Å². The fourth-order valence-electron chi connectivity index (χ4n) is 2.76. The molecule has 3 heterocycles. The first-order valence-electron chi connectivity index (χ1n) is 8.59. The van der Waals surface area contributed by atoms with Crippen molar-refractivity contribution in [3.63, 3.8) is 0 Å². The first-order chi connectivity index (χ1) is 12.2. The van der Waals surface area contributed by atoms with Gasteiger partial charge >= 0.3 is 6.03 Å². The molecule has 25 heavy (non-hydrogen) atoms. The van der Waals surface area contributed by atoms with E-state index in [1.807, 2.05) is 52.8 Å². The van der Waals surface area contributed by atoms with Crippen LogP contribution in [-0.2, 0) is 20.0 Å². The van der Waals surface area contributed by atoms with E-state index in [9.17, 15) is 4.79 Å². The number of carbonyl (C=O) groups excluding carboxylic acids is 1. The van der Waals surface area contributed by atoms with Crippen LogP contribution >= 0.6 is 0 Å². The first-order valence-corrected chi connectivity index (χ1v) is 8.59. The zero-order valence-corrected chi connectivity index (χ0v) is 14.7. The number of hydrogen-bond donors (Lipinski definition) is 1. The molecule has 0 unspecified atom stereocenters. The maximum Gasteiger partial charge on any atom is 0.317 e. The average Bonchev–Trinajstić information content (AvgIpc) is 3.20. The van der Waals surface area contributed by atoms with E-state index < -0.39 is 0 Å². The van der Waals surface area contributed by atoms with Crippen molar-refractivity contribution in [2.45, 2.75) is 26.3 Å². The summed E-state index contributed by atoms with van der Waals surface area (Å²) in [5.41, 5.74) is 1.89. The summed E-state index contributed by atoms with van der Waals surface area (Å²) >= 11 is 0. The molecule has 0 saturated carbocycles. The van der Waals surface area contributed by atoms with Crippen LogP contribution in [0.2, 0.25) is 0 Å². The Balaban J connectivity index is 1.54. The molecule has 0 aromatic carbocycles. The Labute approximate surface area is 147 Å². The Kier molecular flexibility index (Phi) is 5.33. The minimum Gasteiger partial charge on any atom is -0.338 e. The molecule has 3 rings (SSSR count). The molecule has 0 atom stereocenters. The number of aromatic nitrogens is 4. The quantitative estimate of drug-likeness (QED) is 0.717. The summed E-state index contributed by atoms with van der Waals surface area (Å²) in [4.78, 5) is 23.1. The molecule has 0 bridgehead atoms. The number of fused-ring (bicyclic) bond motifs is 1. The summed E-state index contributed by atoms with van der Waals surface area (Å²) in [7, 11) is 1.94. The molecule has 132 valence electrons. The van der Waals surface area contributed by atoms with Gasteiger partial charge in [-0.25, -0.2) is 14.8 Å². The predicted molar refractivity (Wildman–Crippen MR) is 96.2 cm³/mol. The van der Waals surface area contributed by atoms with Crippen LogP contribution < -0.4 is 5.32 Å². The Morgan fingerprint density at radius 2 is 2.20 bits per heavy atom. The first kappa shape index (κ1) is 17.0. The molecule has 3 aromatic rings.